The normalized spacial score (nSPS) is 15.9. The number of carbonyl (C=O) groups excluding carboxylic acids is 1. The smallest absolute Gasteiger partial charge is 0.246 e. The maximum atomic E-state index is 11.5. The van der Waals surface area contributed by atoms with E-state index in [9.17, 15) is 4.79 Å². The minimum absolute atomic E-state index is 0.0628. The molecular weight excluding hydrogens is 214 g/mol. The Balaban J connectivity index is 2.83. The van der Waals surface area contributed by atoms with Gasteiger partial charge in [-0.05, 0) is 18.6 Å². The first-order valence-corrected chi connectivity index (χ1v) is 5.44. The van der Waals surface area contributed by atoms with Crippen LogP contribution in [0.3, 0.4) is 0 Å². The van der Waals surface area contributed by atoms with Crippen LogP contribution in [0.25, 0.3) is 0 Å². The lowest BCUT2D eigenvalue weighted by atomic mass is 10.1. The van der Waals surface area contributed by atoms with Gasteiger partial charge < -0.3 is 9.64 Å². The number of amides is 1. The van der Waals surface area contributed by atoms with Crippen molar-refractivity contribution in [1.29, 1.82) is 0 Å². The van der Waals surface area contributed by atoms with E-state index < -0.39 is 0 Å². The van der Waals surface area contributed by atoms with E-state index >= 15 is 0 Å². The average Bonchev–Trinajstić information content (AvgIpc) is 2.37. The molecule has 3 nitrogen and oxygen atoms in total. The molecule has 0 aromatic carbocycles. The zero-order valence-corrected chi connectivity index (χ0v) is 9.89. The van der Waals surface area contributed by atoms with E-state index in [1.54, 1.807) is 17.1 Å². The van der Waals surface area contributed by atoms with E-state index in [2.05, 4.69) is 25.8 Å². The van der Waals surface area contributed by atoms with Crippen LogP contribution in [0.2, 0.25) is 0 Å². The van der Waals surface area contributed by atoms with Gasteiger partial charge >= 0.3 is 0 Å². The number of hydrogen-bond donors (Lipinski definition) is 0. The quantitative estimate of drug-likeness (QED) is 0.413. The topological polar surface area (TPSA) is 29.5 Å². The molecule has 17 heavy (non-hydrogen) atoms. The van der Waals surface area contributed by atoms with Crippen molar-refractivity contribution in [2.45, 2.75) is 6.42 Å². The van der Waals surface area contributed by atoms with Gasteiger partial charge in [-0.3, -0.25) is 4.79 Å². The largest absolute Gasteiger partial charge is 0.465 e. The lowest BCUT2D eigenvalue weighted by Gasteiger charge is -2.26. The molecule has 0 aliphatic carbocycles. The second-order valence-corrected chi connectivity index (χ2v) is 3.53. The van der Waals surface area contributed by atoms with Gasteiger partial charge in [0.15, 0.2) is 0 Å². The average molecular weight is 231 g/mol. The van der Waals surface area contributed by atoms with E-state index in [4.69, 9.17) is 4.74 Å². The Labute approximate surface area is 102 Å². The molecule has 0 N–H and O–H groups in total. The van der Waals surface area contributed by atoms with E-state index in [1.165, 1.54) is 12.3 Å². The number of allylic oxidation sites excluding steroid dienone is 2. The van der Waals surface area contributed by atoms with Crippen molar-refractivity contribution in [2.24, 2.45) is 0 Å². The van der Waals surface area contributed by atoms with Crippen molar-refractivity contribution >= 4 is 5.91 Å². The SMILES string of the molecule is C=C/C=C(\OC=C)C1=CCCN(C(=O)C=C)C1. The van der Waals surface area contributed by atoms with Crippen molar-refractivity contribution in [2.75, 3.05) is 13.1 Å². The van der Waals surface area contributed by atoms with Crippen molar-refractivity contribution in [3.05, 3.63) is 61.6 Å². The van der Waals surface area contributed by atoms with Crippen molar-refractivity contribution in [3.8, 4) is 0 Å². The third kappa shape index (κ3) is 3.48. The molecule has 0 saturated carbocycles. The van der Waals surface area contributed by atoms with Crippen LogP contribution in [-0.4, -0.2) is 23.9 Å². The van der Waals surface area contributed by atoms with E-state index in [0.29, 0.717) is 18.8 Å². The van der Waals surface area contributed by atoms with Crippen LogP contribution in [0.5, 0.6) is 0 Å². The van der Waals surface area contributed by atoms with Gasteiger partial charge in [-0.1, -0.05) is 31.9 Å². The van der Waals surface area contributed by atoms with Crippen LogP contribution < -0.4 is 0 Å². The van der Waals surface area contributed by atoms with Gasteiger partial charge in [0.2, 0.25) is 5.91 Å². The molecule has 1 aliphatic heterocycles. The maximum Gasteiger partial charge on any atom is 0.246 e. The predicted octanol–water partition coefficient (Wildman–Crippen LogP) is 2.56. The van der Waals surface area contributed by atoms with Gasteiger partial charge in [0.25, 0.3) is 0 Å². The summed E-state index contributed by atoms with van der Waals surface area (Å²) in [7, 11) is 0. The van der Waals surface area contributed by atoms with E-state index in [1.807, 2.05) is 0 Å². The Kier molecular flexibility index (Phi) is 5.01. The number of hydrogen-bond acceptors (Lipinski definition) is 2. The fraction of sp³-hybridized carbons (Fsp3) is 0.214. The summed E-state index contributed by atoms with van der Waals surface area (Å²) in [6.07, 6.45) is 8.97. The van der Waals surface area contributed by atoms with Crippen LogP contribution >= 0.6 is 0 Å². The van der Waals surface area contributed by atoms with Crippen LogP contribution in [0.4, 0.5) is 0 Å². The zero-order valence-electron chi connectivity index (χ0n) is 9.89. The number of carbonyl (C=O) groups is 1. The van der Waals surface area contributed by atoms with Crippen LogP contribution in [-0.2, 0) is 9.53 Å². The maximum absolute atomic E-state index is 11.5. The summed E-state index contributed by atoms with van der Waals surface area (Å²) in [6, 6.07) is 0. The Bertz CT molecular complexity index is 391. The molecule has 0 fully saturated rings. The highest BCUT2D eigenvalue weighted by atomic mass is 16.5. The highest BCUT2D eigenvalue weighted by Gasteiger charge is 2.18. The third-order valence-electron chi connectivity index (χ3n) is 2.43. The molecule has 3 heteroatoms. The highest BCUT2D eigenvalue weighted by molar-refractivity contribution is 5.87. The lowest BCUT2D eigenvalue weighted by Crippen LogP contribution is -2.35. The summed E-state index contributed by atoms with van der Waals surface area (Å²) in [5.74, 6) is 0.615. The Morgan fingerprint density at radius 3 is 2.76 bits per heavy atom. The van der Waals surface area contributed by atoms with Gasteiger partial charge in [0.05, 0.1) is 6.26 Å². The Hall–Kier alpha value is -2.03. The summed E-state index contributed by atoms with van der Waals surface area (Å²) in [5.41, 5.74) is 0.964. The molecular formula is C14H17NO2. The summed E-state index contributed by atoms with van der Waals surface area (Å²) in [5, 5.41) is 0. The van der Waals surface area contributed by atoms with Gasteiger partial charge in [0, 0.05) is 18.7 Å². The summed E-state index contributed by atoms with van der Waals surface area (Å²) in [4.78, 5) is 13.3. The first-order valence-electron chi connectivity index (χ1n) is 5.44. The van der Waals surface area contributed by atoms with Gasteiger partial charge in [0.1, 0.15) is 5.76 Å². The summed E-state index contributed by atoms with van der Waals surface area (Å²) >= 11 is 0. The third-order valence-corrected chi connectivity index (χ3v) is 2.43. The molecule has 0 bridgehead atoms. The molecule has 1 amide bonds. The molecule has 1 rings (SSSR count). The van der Waals surface area contributed by atoms with Crippen molar-refractivity contribution in [3.63, 3.8) is 0 Å². The standard InChI is InChI=1S/C14H17NO2/c1-4-8-13(17-6-3)12-9-7-10-15(11-12)14(16)5-2/h4-6,8-9H,1-3,7,10-11H2/b13-8-. The zero-order chi connectivity index (χ0) is 12.7. The minimum Gasteiger partial charge on any atom is -0.465 e. The number of rotatable bonds is 5. The first-order chi connectivity index (χ1) is 8.22. The monoisotopic (exact) mass is 231 g/mol. The Morgan fingerprint density at radius 1 is 1.41 bits per heavy atom. The van der Waals surface area contributed by atoms with Crippen LogP contribution in [0.15, 0.2) is 61.6 Å². The van der Waals surface area contributed by atoms with Gasteiger partial charge in [-0.15, -0.1) is 0 Å². The first kappa shape index (κ1) is 13.0. The van der Waals surface area contributed by atoms with Crippen LogP contribution in [0, 0.1) is 0 Å². The highest BCUT2D eigenvalue weighted by Crippen LogP contribution is 2.19. The second kappa shape index (κ2) is 6.53. The molecule has 0 radical (unpaired) electrons. The lowest BCUT2D eigenvalue weighted by molar-refractivity contribution is -0.125. The molecule has 0 atom stereocenters. The van der Waals surface area contributed by atoms with E-state index in [0.717, 1.165) is 12.0 Å². The van der Waals surface area contributed by atoms with Crippen LogP contribution in [0.1, 0.15) is 6.42 Å². The molecule has 1 heterocycles. The summed E-state index contributed by atoms with van der Waals surface area (Å²) in [6.45, 7) is 11.9. The molecule has 0 saturated heterocycles. The fourth-order valence-corrected chi connectivity index (χ4v) is 1.66. The molecule has 0 aromatic heterocycles. The fourth-order valence-electron chi connectivity index (χ4n) is 1.66. The summed E-state index contributed by atoms with van der Waals surface area (Å²) < 4.78 is 5.31. The van der Waals surface area contributed by atoms with Gasteiger partial charge in [-0.2, -0.15) is 0 Å². The minimum atomic E-state index is -0.0628. The molecule has 0 spiro atoms. The number of nitrogens with zero attached hydrogens (tertiary/aromatic N) is 1. The molecule has 1 aliphatic rings. The van der Waals surface area contributed by atoms with Crippen molar-refractivity contribution < 1.29 is 9.53 Å². The van der Waals surface area contributed by atoms with E-state index in [-0.39, 0.29) is 5.91 Å². The Morgan fingerprint density at radius 2 is 2.18 bits per heavy atom. The second-order valence-electron chi connectivity index (χ2n) is 3.53. The molecule has 90 valence electrons. The van der Waals surface area contributed by atoms with Gasteiger partial charge in [-0.25, -0.2) is 0 Å². The predicted molar refractivity (Wildman–Crippen MR) is 69.0 cm³/mol. The number of ether oxygens (including phenoxy) is 1. The molecule has 0 aromatic rings. The van der Waals surface area contributed by atoms with Crippen molar-refractivity contribution in [1.82, 2.24) is 4.90 Å². The molecule has 0 unspecified atom stereocenters.